The third-order valence-corrected chi connectivity index (χ3v) is 6.51. The quantitative estimate of drug-likeness (QED) is 0.411. The average molecular weight is 488 g/mol. The Morgan fingerprint density at radius 3 is 2.36 bits per heavy atom. The van der Waals surface area contributed by atoms with Crippen molar-refractivity contribution in [3.63, 3.8) is 0 Å². The number of anilines is 3. The Balaban J connectivity index is 1.86. The molecule has 1 aliphatic heterocycles. The van der Waals surface area contributed by atoms with Crippen molar-refractivity contribution in [2.24, 2.45) is 0 Å². The van der Waals surface area contributed by atoms with Gasteiger partial charge in [0.2, 0.25) is 0 Å². The molecule has 6 heteroatoms. The zero-order valence-electron chi connectivity index (χ0n) is 22.3. The van der Waals surface area contributed by atoms with Crippen molar-refractivity contribution >= 4 is 23.3 Å². The molecule has 0 radical (unpaired) electrons. The number of nitrogens with zero attached hydrogens (tertiary/aromatic N) is 3. The predicted octanol–water partition coefficient (Wildman–Crippen LogP) is 6.51. The van der Waals surface area contributed by atoms with E-state index in [-0.39, 0.29) is 0 Å². The van der Waals surface area contributed by atoms with Crippen molar-refractivity contribution in [3.05, 3.63) is 82.5 Å². The van der Waals surface area contributed by atoms with Gasteiger partial charge in [0.15, 0.2) is 0 Å². The number of hydrogen-bond acceptors (Lipinski definition) is 5. The minimum atomic E-state index is -0.641. The van der Waals surface area contributed by atoms with E-state index in [4.69, 9.17) is 14.5 Å². The molecular weight excluding hydrogens is 450 g/mol. The van der Waals surface area contributed by atoms with E-state index in [1.165, 1.54) is 5.56 Å². The highest BCUT2D eigenvalue weighted by Crippen LogP contribution is 2.35. The van der Waals surface area contributed by atoms with E-state index in [0.717, 1.165) is 53.1 Å². The monoisotopic (exact) mass is 487 g/mol. The van der Waals surface area contributed by atoms with E-state index in [0.29, 0.717) is 19.0 Å². The lowest BCUT2D eigenvalue weighted by Crippen LogP contribution is -2.37. The van der Waals surface area contributed by atoms with Gasteiger partial charge in [-0.3, -0.25) is 0 Å². The summed E-state index contributed by atoms with van der Waals surface area (Å²) in [6, 6.07) is 16.8. The maximum absolute atomic E-state index is 13.7. The molecule has 0 spiro atoms. The van der Waals surface area contributed by atoms with Gasteiger partial charge >= 0.3 is 6.09 Å². The lowest BCUT2D eigenvalue weighted by Gasteiger charge is -2.32. The van der Waals surface area contributed by atoms with Crippen LogP contribution in [0.4, 0.5) is 22.0 Å². The summed E-state index contributed by atoms with van der Waals surface area (Å²) >= 11 is 0. The lowest BCUT2D eigenvalue weighted by molar-refractivity contribution is 0.0598. The van der Waals surface area contributed by atoms with E-state index in [1.807, 2.05) is 46.9 Å². The molecule has 1 saturated heterocycles. The topological polar surface area (TPSA) is 54.9 Å². The molecule has 0 saturated carbocycles. The van der Waals surface area contributed by atoms with Gasteiger partial charge in [-0.05, 0) is 94.0 Å². The second-order valence-electron chi connectivity index (χ2n) is 10.5. The maximum atomic E-state index is 13.7. The zero-order valence-corrected chi connectivity index (χ0v) is 22.3. The summed E-state index contributed by atoms with van der Waals surface area (Å²) in [4.78, 5) is 22.4. The third kappa shape index (κ3) is 6.05. The molecule has 0 bridgehead atoms. The van der Waals surface area contributed by atoms with Gasteiger partial charge in [-0.1, -0.05) is 30.3 Å². The van der Waals surface area contributed by atoms with Crippen LogP contribution in [0.15, 0.2) is 54.7 Å². The predicted molar refractivity (Wildman–Crippen MR) is 146 cm³/mol. The molecule has 0 N–H and O–H groups in total. The molecule has 2 aromatic carbocycles. The molecule has 0 atom stereocenters. The van der Waals surface area contributed by atoms with Crippen molar-refractivity contribution < 1.29 is 14.3 Å². The van der Waals surface area contributed by atoms with Gasteiger partial charge in [-0.25, -0.2) is 14.7 Å². The van der Waals surface area contributed by atoms with Crippen molar-refractivity contribution in [1.29, 1.82) is 0 Å². The lowest BCUT2D eigenvalue weighted by atomic mass is 10.0. The molecule has 3 aromatic rings. The van der Waals surface area contributed by atoms with Crippen molar-refractivity contribution in [1.82, 2.24) is 4.98 Å². The van der Waals surface area contributed by atoms with Gasteiger partial charge in [0.25, 0.3) is 0 Å². The van der Waals surface area contributed by atoms with Crippen LogP contribution in [-0.4, -0.2) is 43.0 Å². The van der Waals surface area contributed by atoms with E-state index < -0.39 is 11.7 Å². The van der Waals surface area contributed by atoms with E-state index in [2.05, 4.69) is 54.3 Å². The molecule has 1 aliphatic rings. The number of rotatable bonds is 5. The Bertz CT molecular complexity index is 1210. The molecule has 1 aromatic heterocycles. The molecule has 0 unspecified atom stereocenters. The highest BCUT2D eigenvalue weighted by molar-refractivity contribution is 5.97. The maximum Gasteiger partial charge on any atom is 0.420 e. The molecule has 2 heterocycles. The number of ether oxygens (including phenoxy) is 2. The third-order valence-electron chi connectivity index (χ3n) is 6.51. The molecular formula is C30H37N3O3. The Morgan fingerprint density at radius 1 is 1.00 bits per heavy atom. The Hall–Kier alpha value is -3.38. The summed E-state index contributed by atoms with van der Waals surface area (Å²) < 4.78 is 11.5. The molecule has 1 fully saturated rings. The van der Waals surface area contributed by atoms with Crippen LogP contribution in [0.2, 0.25) is 0 Å². The van der Waals surface area contributed by atoms with Crippen molar-refractivity contribution in [2.75, 3.05) is 36.1 Å². The minimum absolute atomic E-state index is 0.439. The van der Waals surface area contributed by atoms with Gasteiger partial charge in [0, 0.05) is 25.0 Å². The fraction of sp³-hybridized carbons (Fsp3) is 0.400. The van der Waals surface area contributed by atoms with E-state index in [1.54, 1.807) is 4.90 Å². The van der Waals surface area contributed by atoms with Gasteiger partial charge < -0.3 is 14.4 Å². The highest BCUT2D eigenvalue weighted by Gasteiger charge is 2.29. The molecule has 1 amide bonds. The molecule has 6 nitrogen and oxygen atoms in total. The Kier molecular flexibility index (Phi) is 7.65. The number of hydrogen-bond donors (Lipinski definition) is 0. The Labute approximate surface area is 214 Å². The normalized spacial score (nSPS) is 14.0. The summed E-state index contributed by atoms with van der Waals surface area (Å²) in [7, 11) is 0. The van der Waals surface area contributed by atoms with Crippen LogP contribution in [0, 0.1) is 20.8 Å². The highest BCUT2D eigenvalue weighted by atomic mass is 16.6. The van der Waals surface area contributed by atoms with E-state index >= 15 is 0 Å². The first-order valence-corrected chi connectivity index (χ1v) is 12.6. The number of pyridine rings is 1. The first kappa shape index (κ1) is 25.7. The number of amides is 1. The first-order valence-electron chi connectivity index (χ1n) is 12.6. The van der Waals surface area contributed by atoms with Gasteiger partial charge in [-0.15, -0.1) is 0 Å². The molecule has 36 heavy (non-hydrogen) atoms. The second-order valence-corrected chi connectivity index (χ2v) is 10.5. The number of carbonyl (C=O) groups is 1. The summed E-state index contributed by atoms with van der Waals surface area (Å²) in [6.45, 7) is 14.7. The fourth-order valence-corrected chi connectivity index (χ4v) is 4.39. The van der Waals surface area contributed by atoms with Crippen LogP contribution in [0.3, 0.4) is 0 Å². The van der Waals surface area contributed by atoms with Crippen LogP contribution in [0.5, 0.6) is 0 Å². The van der Waals surface area contributed by atoms with Crippen LogP contribution >= 0.6 is 0 Å². The second kappa shape index (κ2) is 10.7. The number of carbonyl (C=O) groups excluding carboxylic acids is 1. The number of morpholine rings is 1. The standard InChI is InChI=1S/C30H37N3O3/c1-21-20-31-28(23(3)22(21)2)33(29(34)36-30(4,5)6)27-18-25(16-24-10-8-7-9-11-24)17-26(19-27)32-12-14-35-15-13-32/h7-11,17-20H,12-16H2,1-6H3. The summed E-state index contributed by atoms with van der Waals surface area (Å²) in [5.41, 5.74) is 6.67. The zero-order chi connectivity index (χ0) is 25.9. The first-order chi connectivity index (χ1) is 17.1. The molecule has 190 valence electrons. The van der Waals surface area contributed by atoms with E-state index in [9.17, 15) is 4.79 Å². The summed E-state index contributed by atoms with van der Waals surface area (Å²) in [5, 5.41) is 0. The molecule has 0 aliphatic carbocycles. The SMILES string of the molecule is Cc1cnc(N(C(=O)OC(C)(C)C)c2cc(Cc3ccccc3)cc(N3CCOCC3)c2)c(C)c1C. The van der Waals surface area contributed by atoms with Crippen LogP contribution in [0.1, 0.15) is 48.6 Å². The smallest absolute Gasteiger partial charge is 0.420 e. The number of aromatic nitrogens is 1. The summed E-state index contributed by atoms with van der Waals surface area (Å²) in [6.07, 6.45) is 2.14. The van der Waals surface area contributed by atoms with Gasteiger partial charge in [-0.2, -0.15) is 0 Å². The Morgan fingerprint density at radius 2 is 1.69 bits per heavy atom. The average Bonchev–Trinajstić information content (AvgIpc) is 2.84. The van der Waals surface area contributed by atoms with Crippen LogP contribution < -0.4 is 9.80 Å². The molecule has 4 rings (SSSR count). The summed E-state index contributed by atoms with van der Waals surface area (Å²) in [5.74, 6) is 0.595. The van der Waals surface area contributed by atoms with Gasteiger partial charge in [0.05, 0.1) is 18.9 Å². The minimum Gasteiger partial charge on any atom is -0.443 e. The number of benzene rings is 2. The van der Waals surface area contributed by atoms with Crippen LogP contribution in [-0.2, 0) is 15.9 Å². The number of aryl methyl sites for hydroxylation is 1. The van der Waals surface area contributed by atoms with Crippen molar-refractivity contribution in [2.45, 2.75) is 53.6 Å². The fourth-order valence-electron chi connectivity index (χ4n) is 4.39. The van der Waals surface area contributed by atoms with Gasteiger partial charge in [0.1, 0.15) is 11.4 Å². The largest absolute Gasteiger partial charge is 0.443 e. The van der Waals surface area contributed by atoms with Crippen LogP contribution in [0.25, 0.3) is 0 Å². The van der Waals surface area contributed by atoms with Crippen molar-refractivity contribution in [3.8, 4) is 0 Å².